The van der Waals surface area contributed by atoms with Crippen molar-refractivity contribution in [1.29, 1.82) is 5.26 Å². The summed E-state index contributed by atoms with van der Waals surface area (Å²) in [6, 6.07) is 2.77. The van der Waals surface area contributed by atoms with E-state index in [-0.39, 0.29) is 49.0 Å². The minimum absolute atomic E-state index is 0.0106. The molecule has 6 rings (SSSR count). The van der Waals surface area contributed by atoms with E-state index in [0.29, 0.717) is 41.4 Å². The second-order valence-electron chi connectivity index (χ2n) is 12.2. The van der Waals surface area contributed by atoms with E-state index >= 15 is 0 Å². The van der Waals surface area contributed by atoms with Crippen molar-refractivity contribution >= 4 is 11.9 Å². The molecule has 1 unspecified atom stereocenters. The number of nitrogens with zero attached hydrogens (tertiary/aromatic N) is 3. The first-order valence-corrected chi connectivity index (χ1v) is 14.7. The summed E-state index contributed by atoms with van der Waals surface area (Å²) in [6.07, 6.45) is 0.962. The highest BCUT2D eigenvalue weighted by Crippen LogP contribution is 2.58. The lowest BCUT2D eigenvalue weighted by atomic mass is 9.71. The smallest absolute Gasteiger partial charge is 0.308 e. The van der Waals surface area contributed by atoms with Crippen molar-refractivity contribution in [2.24, 2.45) is 5.92 Å². The zero-order valence-corrected chi connectivity index (χ0v) is 25.6. The fourth-order valence-corrected chi connectivity index (χ4v) is 7.71. The maximum Gasteiger partial charge on any atom is 0.308 e. The van der Waals surface area contributed by atoms with Gasteiger partial charge < -0.3 is 29.4 Å². The normalized spacial score (nSPS) is 25.3. The fourth-order valence-electron chi connectivity index (χ4n) is 7.71. The average molecular weight is 591 g/mol. The Kier molecular flexibility index (Phi) is 7.18. The standard InChI is InChI=1S/C32H38N4O7/c1-14(2)32(39)34-12-23-25-19(29(43-17(5)37)16(4)30-31(25)42-13-41-30)10-21-26-24-18(8-15(3)28(40-7)27(24)38)9-20(35(26)6)22(11-33)36(21)23/h8,14,20-23,26,38H,9-10,12-13H2,1-7H3,(H,34,39)/t20-,21?,22-,23-,26-/m0/s1. The highest BCUT2D eigenvalue weighted by Gasteiger charge is 2.56. The molecular weight excluding hydrogens is 552 g/mol. The molecule has 0 radical (unpaired) electrons. The Morgan fingerprint density at radius 1 is 1.16 bits per heavy atom. The molecule has 11 nitrogen and oxygen atoms in total. The lowest BCUT2D eigenvalue weighted by Crippen LogP contribution is -2.68. The maximum atomic E-state index is 12.9. The van der Waals surface area contributed by atoms with Crippen molar-refractivity contribution in [3.63, 3.8) is 0 Å². The molecule has 4 aliphatic rings. The number of benzene rings is 2. The van der Waals surface area contributed by atoms with Crippen LogP contribution >= 0.6 is 0 Å². The number of carbonyl (C=O) groups is 2. The molecule has 1 saturated heterocycles. The molecule has 1 fully saturated rings. The molecule has 0 aliphatic carbocycles. The van der Waals surface area contributed by atoms with Gasteiger partial charge in [0, 0.05) is 53.7 Å². The maximum absolute atomic E-state index is 12.9. The molecule has 1 amide bonds. The van der Waals surface area contributed by atoms with Crippen LogP contribution in [0, 0.1) is 31.1 Å². The Labute approximate surface area is 251 Å². The highest BCUT2D eigenvalue weighted by atomic mass is 16.7. The van der Waals surface area contributed by atoms with Crippen molar-refractivity contribution in [2.45, 2.75) is 77.7 Å². The molecule has 2 aromatic rings. The fraction of sp³-hybridized carbons (Fsp3) is 0.531. The van der Waals surface area contributed by atoms with E-state index in [1.54, 1.807) is 7.11 Å². The van der Waals surface area contributed by atoms with Crippen LogP contribution in [0.2, 0.25) is 0 Å². The zero-order valence-electron chi connectivity index (χ0n) is 25.6. The SMILES string of the molecule is COc1c(C)cc2c(c1O)[C@@H]1C3Cc4c(OC(C)=O)c(C)c5c(c4[C@H](CNC(=O)C(C)C)N3[C@@H](C#N)[C@H](C2)N1C)OCO5. The molecule has 2 bridgehead atoms. The number of ether oxygens (including phenoxy) is 4. The predicted molar refractivity (Wildman–Crippen MR) is 155 cm³/mol. The highest BCUT2D eigenvalue weighted by molar-refractivity contribution is 5.78. The Bertz CT molecular complexity index is 1560. The molecule has 0 spiro atoms. The number of aryl methyl sites for hydroxylation is 1. The Hall–Kier alpha value is -4.01. The summed E-state index contributed by atoms with van der Waals surface area (Å²) < 4.78 is 23.4. The van der Waals surface area contributed by atoms with Gasteiger partial charge in [0.25, 0.3) is 0 Å². The number of nitriles is 1. The van der Waals surface area contributed by atoms with Crippen molar-refractivity contribution < 1.29 is 33.6 Å². The first kappa shape index (κ1) is 29.1. The van der Waals surface area contributed by atoms with Crippen LogP contribution in [0.5, 0.6) is 28.7 Å². The molecule has 2 N–H and O–H groups in total. The number of carbonyl (C=O) groups excluding carboxylic acids is 2. The van der Waals surface area contributed by atoms with Crippen LogP contribution < -0.4 is 24.3 Å². The van der Waals surface area contributed by atoms with Crippen LogP contribution in [0.1, 0.15) is 66.2 Å². The van der Waals surface area contributed by atoms with E-state index in [1.165, 1.54) is 6.92 Å². The molecule has 228 valence electrons. The number of phenolic OH excluding ortho intramolecular Hbond substituents is 1. The van der Waals surface area contributed by atoms with Gasteiger partial charge in [0.05, 0.1) is 25.3 Å². The van der Waals surface area contributed by atoms with E-state index in [2.05, 4.69) is 27.3 Å². The van der Waals surface area contributed by atoms with Gasteiger partial charge in [0.2, 0.25) is 12.7 Å². The van der Waals surface area contributed by atoms with E-state index in [4.69, 9.17) is 18.9 Å². The first-order valence-electron chi connectivity index (χ1n) is 14.7. The van der Waals surface area contributed by atoms with Gasteiger partial charge in [-0.15, -0.1) is 0 Å². The molecule has 43 heavy (non-hydrogen) atoms. The van der Waals surface area contributed by atoms with E-state index in [1.807, 2.05) is 34.7 Å². The zero-order chi connectivity index (χ0) is 30.9. The second-order valence-corrected chi connectivity index (χ2v) is 12.2. The number of hydrogen-bond donors (Lipinski definition) is 2. The number of rotatable bonds is 5. The lowest BCUT2D eigenvalue weighted by molar-refractivity contribution is -0.132. The van der Waals surface area contributed by atoms with E-state index in [9.17, 15) is 20.0 Å². The largest absolute Gasteiger partial charge is 0.504 e. The summed E-state index contributed by atoms with van der Waals surface area (Å²) in [6.45, 7) is 8.98. The van der Waals surface area contributed by atoms with Gasteiger partial charge in [-0.05, 0) is 44.9 Å². The Balaban J connectivity index is 1.61. The second kappa shape index (κ2) is 10.6. The lowest BCUT2D eigenvalue weighted by Gasteiger charge is -2.60. The Morgan fingerprint density at radius 2 is 1.88 bits per heavy atom. The average Bonchev–Trinajstić information content (AvgIpc) is 3.44. The number of likely N-dealkylation sites (N-methyl/N-ethyl adjacent to an activating group) is 1. The monoisotopic (exact) mass is 590 g/mol. The number of methoxy groups -OCH3 is 1. The molecule has 4 aliphatic heterocycles. The van der Waals surface area contributed by atoms with E-state index in [0.717, 1.165) is 27.8 Å². The molecular formula is C32H38N4O7. The summed E-state index contributed by atoms with van der Waals surface area (Å²) in [5.74, 6) is 1.16. The van der Waals surface area contributed by atoms with Crippen molar-refractivity contribution in [2.75, 3.05) is 27.5 Å². The molecule has 11 heteroatoms. The number of phenols is 1. The van der Waals surface area contributed by atoms with Gasteiger partial charge >= 0.3 is 5.97 Å². The molecule has 5 atom stereocenters. The molecule has 0 saturated carbocycles. The molecule has 2 aromatic carbocycles. The van der Waals surface area contributed by atoms with Crippen LogP contribution in [-0.2, 0) is 22.4 Å². The van der Waals surface area contributed by atoms with Crippen LogP contribution in [0.25, 0.3) is 0 Å². The third-order valence-electron chi connectivity index (χ3n) is 9.51. The number of aromatic hydroxyl groups is 1. The third-order valence-corrected chi connectivity index (χ3v) is 9.51. The minimum atomic E-state index is -0.547. The van der Waals surface area contributed by atoms with Crippen LogP contribution in [0.3, 0.4) is 0 Å². The number of nitrogens with one attached hydrogen (secondary N) is 1. The summed E-state index contributed by atoms with van der Waals surface area (Å²) in [4.78, 5) is 29.6. The van der Waals surface area contributed by atoms with Crippen molar-refractivity contribution in [3.05, 3.63) is 39.4 Å². The number of hydrogen-bond acceptors (Lipinski definition) is 10. The number of amides is 1. The predicted octanol–water partition coefficient (Wildman–Crippen LogP) is 3.22. The van der Waals surface area contributed by atoms with Gasteiger partial charge in [-0.1, -0.05) is 19.9 Å². The van der Waals surface area contributed by atoms with Gasteiger partial charge in [-0.3, -0.25) is 19.4 Å². The minimum Gasteiger partial charge on any atom is -0.504 e. The summed E-state index contributed by atoms with van der Waals surface area (Å²) in [5, 5.41) is 25.4. The Morgan fingerprint density at radius 3 is 2.53 bits per heavy atom. The first-order chi connectivity index (χ1) is 20.5. The summed E-state index contributed by atoms with van der Waals surface area (Å²) >= 11 is 0. The van der Waals surface area contributed by atoms with Gasteiger partial charge in [-0.2, -0.15) is 5.26 Å². The topological polar surface area (TPSA) is 134 Å². The quantitative estimate of drug-likeness (QED) is 0.395. The van der Waals surface area contributed by atoms with Crippen molar-refractivity contribution in [3.8, 4) is 34.8 Å². The van der Waals surface area contributed by atoms with Gasteiger partial charge in [0.15, 0.2) is 23.0 Å². The molecule has 0 aromatic heterocycles. The number of fused-ring (bicyclic) bond motifs is 9. The van der Waals surface area contributed by atoms with Gasteiger partial charge in [-0.25, -0.2) is 0 Å². The van der Waals surface area contributed by atoms with E-state index < -0.39 is 18.1 Å². The molecule has 4 heterocycles. The number of piperazine rings is 1. The van der Waals surface area contributed by atoms with Crippen LogP contribution in [-0.4, -0.2) is 72.4 Å². The number of esters is 1. The van der Waals surface area contributed by atoms with Crippen molar-refractivity contribution in [1.82, 2.24) is 15.1 Å². The summed E-state index contributed by atoms with van der Waals surface area (Å²) in [5.41, 5.74) is 4.77. The third kappa shape index (κ3) is 4.30. The van der Waals surface area contributed by atoms with Crippen LogP contribution in [0.15, 0.2) is 6.07 Å². The van der Waals surface area contributed by atoms with Crippen LogP contribution in [0.4, 0.5) is 0 Å². The van der Waals surface area contributed by atoms with Gasteiger partial charge in [0.1, 0.15) is 11.8 Å². The summed E-state index contributed by atoms with van der Waals surface area (Å²) in [7, 11) is 3.54.